The molecule has 0 bridgehead atoms. The molecule has 196 valence electrons. The standard InChI is InChI=1S/4C4H9.2C2HCl3O2.O.2Sn/c4*1-3-4-2;2*3-2(4,5)1(6)7;;;/h4*1,3-4H2,2H3;2*(H,6,7);;;/q;;;;;;;2*+1/p-2. The van der Waals surface area contributed by atoms with Crippen LogP contribution >= 0.6 is 69.6 Å². The molecule has 0 aromatic carbocycles. The summed E-state index contributed by atoms with van der Waals surface area (Å²) in [5.74, 6) is -1.87. The number of unbranched alkanes of at least 4 members (excludes halogenated alkanes) is 4. The molecule has 0 aromatic rings. The van der Waals surface area contributed by atoms with Gasteiger partial charge in [-0.2, -0.15) is 0 Å². The zero-order valence-electron chi connectivity index (χ0n) is 19.8. The van der Waals surface area contributed by atoms with Crippen molar-refractivity contribution in [2.24, 2.45) is 0 Å². The van der Waals surface area contributed by atoms with Crippen LogP contribution in [0.3, 0.4) is 0 Å². The van der Waals surface area contributed by atoms with Gasteiger partial charge in [-0.3, -0.25) is 0 Å². The van der Waals surface area contributed by atoms with Crippen molar-refractivity contribution >= 4 is 120 Å². The molecule has 0 amide bonds. The Labute approximate surface area is 239 Å². The Morgan fingerprint density at radius 1 is 0.576 bits per heavy atom. The molecule has 0 saturated carbocycles. The van der Waals surface area contributed by atoms with Crippen LogP contribution in [-0.2, 0) is 17.1 Å². The molecule has 0 aliphatic rings. The van der Waals surface area contributed by atoms with Gasteiger partial charge in [0.2, 0.25) is 0 Å². The Balaban J connectivity index is 6.48. The van der Waals surface area contributed by atoms with Crippen LogP contribution in [0.2, 0.25) is 17.7 Å². The van der Waals surface area contributed by atoms with Crippen LogP contribution < -0.4 is 0 Å². The molecule has 0 radical (unpaired) electrons. The number of carbonyl (C=O) groups is 2. The third-order valence-electron chi connectivity index (χ3n) is 5.04. The molecule has 5 nitrogen and oxygen atoms in total. The fourth-order valence-corrected chi connectivity index (χ4v) is 45.9. The normalized spacial score (nSPS) is 13.2. The van der Waals surface area contributed by atoms with Gasteiger partial charge in [-0.25, -0.2) is 0 Å². The summed E-state index contributed by atoms with van der Waals surface area (Å²) in [6, 6.07) is 0. The van der Waals surface area contributed by atoms with E-state index in [0.29, 0.717) is 17.7 Å². The van der Waals surface area contributed by atoms with E-state index in [-0.39, 0.29) is 0 Å². The van der Waals surface area contributed by atoms with Gasteiger partial charge >= 0.3 is 241 Å². The zero-order chi connectivity index (χ0) is 25.8. The van der Waals surface area contributed by atoms with Crippen LogP contribution in [0.4, 0.5) is 0 Å². The van der Waals surface area contributed by atoms with E-state index in [1.807, 2.05) is 27.7 Å². The Morgan fingerprint density at radius 3 is 1.00 bits per heavy atom. The molecule has 13 heteroatoms. The van der Waals surface area contributed by atoms with Crippen molar-refractivity contribution in [3.05, 3.63) is 0 Å². The van der Waals surface area contributed by atoms with Gasteiger partial charge in [-0.1, -0.05) is 0 Å². The van der Waals surface area contributed by atoms with Crippen LogP contribution in [0.25, 0.3) is 0 Å². The molecule has 0 saturated heterocycles. The van der Waals surface area contributed by atoms with Crippen molar-refractivity contribution in [2.45, 2.75) is 104 Å². The first-order valence-electron chi connectivity index (χ1n) is 11.5. The van der Waals surface area contributed by atoms with Crippen LogP contribution in [0.5, 0.6) is 0 Å². The van der Waals surface area contributed by atoms with Gasteiger partial charge in [0.1, 0.15) is 0 Å². The van der Waals surface area contributed by atoms with E-state index in [1.165, 1.54) is 0 Å². The van der Waals surface area contributed by atoms with Crippen molar-refractivity contribution in [3.63, 3.8) is 0 Å². The van der Waals surface area contributed by atoms with Crippen LogP contribution in [0.15, 0.2) is 0 Å². The summed E-state index contributed by atoms with van der Waals surface area (Å²) < 4.78 is 16.9. The Morgan fingerprint density at radius 2 is 0.818 bits per heavy atom. The molecule has 0 aliphatic carbocycles. The summed E-state index contributed by atoms with van der Waals surface area (Å²) in [4.78, 5) is 25.4. The van der Waals surface area contributed by atoms with E-state index in [2.05, 4.69) is 0 Å². The van der Waals surface area contributed by atoms with Gasteiger partial charge in [0.25, 0.3) is 0 Å². The second kappa shape index (κ2) is 17.0. The third-order valence-corrected chi connectivity index (χ3v) is 38.2. The van der Waals surface area contributed by atoms with E-state index in [9.17, 15) is 9.59 Å². The Hall–Kier alpha value is 2.24. The van der Waals surface area contributed by atoms with E-state index < -0.39 is 57.9 Å². The van der Waals surface area contributed by atoms with Crippen LogP contribution in [0, 0.1) is 0 Å². The Kier molecular flexibility index (Phi) is 18.1. The molecule has 0 N–H and O–H groups in total. The SMILES string of the molecule is CCC[CH2][Sn]([CH2]CCC)([O]C(=O)C(Cl)(Cl)Cl)[O][Sn]([CH2]CCC)([CH2]CCC)[O]C(=O)C(Cl)(Cl)Cl. The molecular formula is C20H36Cl6O5Sn2. The maximum absolute atomic E-state index is 12.7. The topological polar surface area (TPSA) is 61.8 Å². The van der Waals surface area contributed by atoms with E-state index >= 15 is 0 Å². The number of hydrogen-bond donors (Lipinski definition) is 0. The van der Waals surface area contributed by atoms with Crippen LogP contribution in [0.1, 0.15) is 79.1 Å². The minimum absolute atomic E-state index is 0.583. The third kappa shape index (κ3) is 14.1. The van der Waals surface area contributed by atoms with Gasteiger partial charge in [-0.05, 0) is 0 Å². The molecule has 0 unspecified atom stereocenters. The second-order valence-corrected chi connectivity index (χ2v) is 34.4. The average molecular weight is 807 g/mol. The van der Waals surface area contributed by atoms with Gasteiger partial charge in [0.15, 0.2) is 0 Å². The van der Waals surface area contributed by atoms with Crippen molar-refractivity contribution in [2.75, 3.05) is 0 Å². The van der Waals surface area contributed by atoms with Crippen molar-refractivity contribution < 1.29 is 17.1 Å². The van der Waals surface area contributed by atoms with Gasteiger partial charge < -0.3 is 0 Å². The zero-order valence-corrected chi connectivity index (χ0v) is 30.0. The van der Waals surface area contributed by atoms with Gasteiger partial charge in [0.05, 0.1) is 0 Å². The van der Waals surface area contributed by atoms with Gasteiger partial charge in [0, 0.05) is 0 Å². The van der Waals surface area contributed by atoms with Crippen molar-refractivity contribution in [3.8, 4) is 0 Å². The van der Waals surface area contributed by atoms with E-state index in [1.54, 1.807) is 0 Å². The summed E-state index contributed by atoms with van der Waals surface area (Å²) in [6.07, 6.45) is 6.65. The number of alkyl halides is 6. The molecule has 0 aliphatic heterocycles. The summed E-state index contributed by atoms with van der Waals surface area (Å²) in [7, 11) is 0. The minimum atomic E-state index is -4.26. The molecule has 33 heavy (non-hydrogen) atoms. The number of hydrogen-bond acceptors (Lipinski definition) is 5. The predicted molar refractivity (Wildman–Crippen MR) is 144 cm³/mol. The van der Waals surface area contributed by atoms with Crippen molar-refractivity contribution in [1.82, 2.24) is 0 Å². The molecule has 0 spiro atoms. The summed E-state index contributed by atoms with van der Waals surface area (Å²) in [5, 5.41) is 0. The first-order chi connectivity index (χ1) is 15.2. The number of carbonyl (C=O) groups excluding carboxylic acids is 2. The second-order valence-electron chi connectivity index (χ2n) is 8.11. The maximum atomic E-state index is 12.7. The Bertz CT molecular complexity index is 532. The molecule has 0 fully saturated rings. The average Bonchev–Trinajstić information content (AvgIpc) is 2.72. The van der Waals surface area contributed by atoms with E-state index in [4.69, 9.17) is 77.2 Å². The summed E-state index contributed by atoms with van der Waals surface area (Å²) >= 11 is 26.6. The summed E-state index contributed by atoms with van der Waals surface area (Å²) in [6.45, 7) is 8.17. The number of halogens is 6. The first kappa shape index (κ1) is 35.2. The number of rotatable bonds is 16. The monoisotopic (exact) mass is 806 g/mol. The molecular weight excluding hydrogens is 770 g/mol. The fourth-order valence-electron chi connectivity index (χ4n) is 3.28. The van der Waals surface area contributed by atoms with Gasteiger partial charge in [-0.15, -0.1) is 0 Å². The first-order valence-corrected chi connectivity index (χ1v) is 26.5. The summed E-state index contributed by atoms with van der Waals surface area (Å²) in [5.41, 5.74) is 0. The fraction of sp³-hybridized carbons (Fsp3) is 0.900. The molecule has 0 heterocycles. The quantitative estimate of drug-likeness (QED) is 0.115. The molecule has 0 atom stereocenters. The molecule has 0 aromatic heterocycles. The van der Waals surface area contributed by atoms with Crippen molar-refractivity contribution in [1.29, 1.82) is 0 Å². The van der Waals surface area contributed by atoms with Crippen LogP contribution in [-0.4, -0.2) is 57.9 Å². The predicted octanol–water partition coefficient (Wildman–Crippen LogP) is 8.91. The molecule has 0 rings (SSSR count). The van der Waals surface area contributed by atoms with E-state index in [0.717, 1.165) is 51.4 Å².